The average molecular weight is 511 g/mol. The molecule has 38 heavy (non-hydrogen) atoms. The predicted molar refractivity (Wildman–Crippen MR) is 149 cm³/mol. The van der Waals surface area contributed by atoms with Crippen LogP contribution in [0.2, 0.25) is 0 Å². The van der Waals surface area contributed by atoms with Gasteiger partial charge < -0.3 is 31.0 Å². The van der Waals surface area contributed by atoms with Crippen molar-refractivity contribution >= 4 is 45.4 Å². The molecule has 9 heteroatoms. The Morgan fingerprint density at radius 2 is 1.84 bits per heavy atom. The summed E-state index contributed by atoms with van der Waals surface area (Å²) < 4.78 is 2.21. The number of benzene rings is 3. The zero-order valence-corrected chi connectivity index (χ0v) is 21.4. The fourth-order valence-corrected chi connectivity index (χ4v) is 4.90. The van der Waals surface area contributed by atoms with Crippen LogP contribution in [0, 0.1) is 13.8 Å². The zero-order chi connectivity index (χ0) is 27.0. The first-order chi connectivity index (χ1) is 18.3. The number of hydrogen-bond acceptors (Lipinski definition) is 5. The minimum atomic E-state index is -1.56. The Hall–Kier alpha value is -4.63. The van der Waals surface area contributed by atoms with E-state index in [1.807, 2.05) is 25.1 Å². The summed E-state index contributed by atoms with van der Waals surface area (Å²) in [5, 5.41) is 17.7. The van der Waals surface area contributed by atoms with Gasteiger partial charge in [-0.2, -0.15) is 0 Å². The molecule has 2 aromatic heterocycles. The van der Waals surface area contributed by atoms with E-state index in [0.29, 0.717) is 27.8 Å². The molecule has 0 saturated carbocycles. The van der Waals surface area contributed by atoms with Crippen molar-refractivity contribution in [1.82, 2.24) is 19.9 Å². The van der Waals surface area contributed by atoms with Crippen molar-refractivity contribution in [3.05, 3.63) is 89.1 Å². The second-order valence-corrected chi connectivity index (χ2v) is 9.34. The summed E-state index contributed by atoms with van der Waals surface area (Å²) in [7, 11) is 0. The van der Waals surface area contributed by atoms with Crippen molar-refractivity contribution in [3.8, 4) is 0 Å². The van der Waals surface area contributed by atoms with E-state index in [4.69, 9.17) is 5.73 Å². The van der Waals surface area contributed by atoms with Crippen molar-refractivity contribution in [1.29, 1.82) is 0 Å². The van der Waals surface area contributed by atoms with Crippen LogP contribution in [0.4, 0.5) is 11.6 Å². The molecule has 5 aromatic rings. The highest BCUT2D eigenvalue weighted by Gasteiger charge is 2.30. The molecule has 3 aromatic carbocycles. The van der Waals surface area contributed by atoms with Gasteiger partial charge in [0.1, 0.15) is 0 Å². The molecule has 194 valence electrons. The number of imidazole rings is 1. The maximum atomic E-state index is 13.4. The molecule has 2 unspecified atom stereocenters. The fraction of sp³-hybridized carbons (Fsp3) is 0.207. The first kappa shape index (κ1) is 25.0. The largest absolute Gasteiger partial charge is 0.381 e. The van der Waals surface area contributed by atoms with Crippen LogP contribution in [-0.2, 0) is 11.3 Å². The summed E-state index contributed by atoms with van der Waals surface area (Å²) in [5.41, 5.74) is 11.9. The van der Waals surface area contributed by atoms with Crippen molar-refractivity contribution in [3.63, 3.8) is 0 Å². The highest BCUT2D eigenvalue weighted by molar-refractivity contribution is 6.01. The molecule has 0 bridgehead atoms. The number of carbonyl (C=O) groups excluding carboxylic acids is 2. The van der Waals surface area contributed by atoms with Gasteiger partial charge in [-0.15, -0.1) is 0 Å². The van der Waals surface area contributed by atoms with E-state index < -0.39 is 18.1 Å². The van der Waals surface area contributed by atoms with Gasteiger partial charge in [0.15, 0.2) is 12.1 Å². The van der Waals surface area contributed by atoms with Crippen molar-refractivity contribution in [2.75, 3.05) is 11.1 Å². The second kappa shape index (κ2) is 10.0. The molecule has 2 amide bonds. The standard InChI is InChI=1S/C29H30N6O3/c1-4-35-17(3)16(2)21-14-19(10-13-24(21)35)27(37)34-25(18-8-6-5-7-9-18)26(36)28(38)31-20-11-12-22-23(15-20)33-29(30)32-22/h5-15,25-26,36H,4H2,1-3H3,(H,31,38)(H,34,37)(H3,30,32,33). The fourth-order valence-electron chi connectivity index (χ4n) is 4.90. The van der Waals surface area contributed by atoms with Gasteiger partial charge in [0.05, 0.1) is 17.1 Å². The Bertz CT molecular complexity index is 1650. The number of rotatable bonds is 7. The first-order valence-corrected chi connectivity index (χ1v) is 12.5. The van der Waals surface area contributed by atoms with Crippen LogP contribution >= 0.6 is 0 Å². The van der Waals surface area contributed by atoms with Gasteiger partial charge in [0, 0.05) is 34.4 Å². The second-order valence-electron chi connectivity index (χ2n) is 9.34. The molecule has 0 spiro atoms. The normalized spacial score (nSPS) is 12.9. The number of aliphatic hydroxyl groups excluding tert-OH is 1. The van der Waals surface area contributed by atoms with Gasteiger partial charge in [0.2, 0.25) is 0 Å². The molecule has 0 saturated heterocycles. The number of nitrogens with one attached hydrogen (secondary N) is 3. The highest BCUT2D eigenvalue weighted by atomic mass is 16.3. The number of amides is 2. The number of nitrogens with two attached hydrogens (primary N) is 1. The summed E-state index contributed by atoms with van der Waals surface area (Å²) in [5.74, 6) is -0.777. The van der Waals surface area contributed by atoms with E-state index >= 15 is 0 Å². The predicted octanol–water partition coefficient (Wildman–Crippen LogP) is 4.21. The smallest absolute Gasteiger partial charge is 0.255 e. The lowest BCUT2D eigenvalue weighted by atomic mass is 9.99. The third-order valence-electron chi connectivity index (χ3n) is 7.01. The van der Waals surface area contributed by atoms with Crippen LogP contribution in [0.5, 0.6) is 0 Å². The molecule has 0 aliphatic carbocycles. The Balaban J connectivity index is 1.41. The Labute approximate surface area is 219 Å². The molecular formula is C29H30N6O3. The number of carbonyl (C=O) groups is 2. The van der Waals surface area contributed by atoms with E-state index in [1.165, 1.54) is 0 Å². The van der Waals surface area contributed by atoms with Crippen LogP contribution in [0.1, 0.15) is 40.1 Å². The number of nitrogens with zero attached hydrogens (tertiary/aromatic N) is 2. The van der Waals surface area contributed by atoms with Crippen LogP contribution in [0.25, 0.3) is 21.9 Å². The van der Waals surface area contributed by atoms with Crippen molar-refractivity contribution in [2.45, 2.75) is 39.5 Å². The minimum absolute atomic E-state index is 0.269. The zero-order valence-electron chi connectivity index (χ0n) is 21.4. The lowest BCUT2D eigenvalue weighted by Crippen LogP contribution is -2.42. The van der Waals surface area contributed by atoms with Crippen LogP contribution in [-0.4, -0.2) is 37.6 Å². The molecular weight excluding hydrogens is 480 g/mol. The number of hydrogen-bond donors (Lipinski definition) is 5. The molecule has 2 heterocycles. The Morgan fingerprint density at radius 1 is 1.08 bits per heavy atom. The molecule has 0 fully saturated rings. The molecule has 0 aliphatic heterocycles. The summed E-state index contributed by atoms with van der Waals surface area (Å²) in [4.78, 5) is 33.6. The summed E-state index contributed by atoms with van der Waals surface area (Å²) in [6.07, 6.45) is -1.56. The number of fused-ring (bicyclic) bond motifs is 2. The van der Waals surface area contributed by atoms with E-state index in [-0.39, 0.29) is 11.9 Å². The van der Waals surface area contributed by atoms with Gasteiger partial charge >= 0.3 is 0 Å². The topological polar surface area (TPSA) is 138 Å². The van der Waals surface area contributed by atoms with Crippen LogP contribution in [0.3, 0.4) is 0 Å². The van der Waals surface area contributed by atoms with E-state index in [9.17, 15) is 14.7 Å². The highest BCUT2D eigenvalue weighted by Crippen LogP contribution is 2.27. The third-order valence-corrected chi connectivity index (χ3v) is 7.01. The number of H-pyrrole nitrogens is 1. The molecule has 9 nitrogen and oxygen atoms in total. The minimum Gasteiger partial charge on any atom is -0.381 e. The summed E-state index contributed by atoms with van der Waals surface area (Å²) in [6, 6.07) is 18.6. The van der Waals surface area contributed by atoms with Crippen molar-refractivity contribution < 1.29 is 14.7 Å². The van der Waals surface area contributed by atoms with Gasteiger partial charge in [-0.3, -0.25) is 9.59 Å². The molecule has 0 radical (unpaired) electrons. The lowest BCUT2D eigenvalue weighted by molar-refractivity contribution is -0.125. The average Bonchev–Trinajstić information content (AvgIpc) is 3.41. The number of nitrogen functional groups attached to an aromatic ring is 1. The maximum Gasteiger partial charge on any atom is 0.255 e. The van der Waals surface area contributed by atoms with Crippen LogP contribution in [0.15, 0.2) is 66.7 Å². The van der Waals surface area contributed by atoms with Gasteiger partial charge in [0.25, 0.3) is 11.8 Å². The van der Waals surface area contributed by atoms with Gasteiger partial charge in [-0.1, -0.05) is 30.3 Å². The number of aromatic amines is 1. The Kier molecular flexibility index (Phi) is 6.61. The summed E-state index contributed by atoms with van der Waals surface area (Å²) >= 11 is 0. The summed E-state index contributed by atoms with van der Waals surface area (Å²) in [6.45, 7) is 7.03. The monoisotopic (exact) mass is 510 g/mol. The number of aromatic nitrogens is 3. The van der Waals surface area contributed by atoms with Crippen LogP contribution < -0.4 is 16.4 Å². The SMILES string of the molecule is CCn1c(C)c(C)c2cc(C(=O)NC(c3ccccc3)C(O)C(=O)Nc3ccc4nc(N)[nH]c4c3)ccc21. The molecule has 0 aliphatic rings. The molecule has 2 atom stereocenters. The maximum absolute atomic E-state index is 13.4. The van der Waals surface area contributed by atoms with Gasteiger partial charge in [-0.25, -0.2) is 4.98 Å². The number of anilines is 2. The quantitative estimate of drug-likeness (QED) is 0.223. The lowest BCUT2D eigenvalue weighted by Gasteiger charge is -2.24. The third kappa shape index (κ3) is 4.59. The Morgan fingerprint density at radius 3 is 2.58 bits per heavy atom. The molecule has 6 N–H and O–H groups in total. The van der Waals surface area contributed by atoms with Crippen molar-refractivity contribution in [2.24, 2.45) is 0 Å². The van der Waals surface area contributed by atoms with E-state index in [1.54, 1.807) is 48.5 Å². The first-order valence-electron chi connectivity index (χ1n) is 12.5. The van der Waals surface area contributed by atoms with E-state index in [2.05, 4.69) is 39.0 Å². The molecule has 5 rings (SSSR count). The van der Waals surface area contributed by atoms with E-state index in [0.717, 1.165) is 28.7 Å². The number of aryl methyl sites for hydroxylation is 2. The van der Waals surface area contributed by atoms with Gasteiger partial charge in [-0.05, 0) is 68.3 Å². The number of aliphatic hydroxyl groups is 1.